The average Bonchev–Trinajstić information content (AvgIpc) is 3.01. The van der Waals surface area contributed by atoms with Crippen molar-refractivity contribution in [3.8, 4) is 0 Å². The van der Waals surface area contributed by atoms with Crippen LogP contribution in [0.2, 0.25) is 0 Å². The number of ether oxygens (including phenoxy) is 1. The Balaban J connectivity index is 1.51. The Labute approximate surface area is 175 Å². The van der Waals surface area contributed by atoms with Crippen molar-refractivity contribution in [2.45, 2.75) is 18.7 Å². The first-order chi connectivity index (χ1) is 13.8. The smallest absolute Gasteiger partial charge is 0.264 e. The van der Waals surface area contributed by atoms with E-state index in [1.165, 1.54) is 12.1 Å². The van der Waals surface area contributed by atoms with Crippen LogP contribution in [0.1, 0.15) is 11.3 Å². The summed E-state index contributed by atoms with van der Waals surface area (Å²) in [6.07, 6.45) is 0. The van der Waals surface area contributed by atoms with E-state index in [0.717, 1.165) is 39.4 Å². The van der Waals surface area contributed by atoms with Crippen LogP contribution >= 0.6 is 12.2 Å². The maximum absolute atomic E-state index is 12.5. The van der Waals surface area contributed by atoms with Gasteiger partial charge in [-0.15, -0.1) is 0 Å². The number of aromatic nitrogens is 1. The standard InChI is InChI=1S/C18H25N5O4S2/c1-13-14(2)21-27-17(13)22-29(24,25)16-5-3-15(4-6-16)20-18(28)19-7-8-23-9-11-26-12-10-23/h3-6,22H,7-12H2,1-2H3,(H2,19,20,28). The third-order valence-electron chi connectivity index (χ3n) is 4.62. The summed E-state index contributed by atoms with van der Waals surface area (Å²) < 4.78 is 37.8. The van der Waals surface area contributed by atoms with Crippen molar-refractivity contribution in [2.75, 3.05) is 49.4 Å². The van der Waals surface area contributed by atoms with Crippen LogP contribution in [0.5, 0.6) is 0 Å². The van der Waals surface area contributed by atoms with Crippen molar-refractivity contribution in [3.63, 3.8) is 0 Å². The highest BCUT2D eigenvalue weighted by molar-refractivity contribution is 7.92. The SMILES string of the molecule is Cc1noc(NS(=O)(=O)c2ccc(NC(=S)NCCN3CCOCC3)cc2)c1C. The molecule has 0 spiro atoms. The molecule has 0 saturated carbocycles. The fraction of sp³-hybridized carbons (Fsp3) is 0.444. The van der Waals surface area contributed by atoms with Gasteiger partial charge in [0.1, 0.15) is 0 Å². The number of nitrogens with one attached hydrogen (secondary N) is 3. The minimum atomic E-state index is -3.77. The number of sulfonamides is 1. The molecule has 2 heterocycles. The molecule has 1 saturated heterocycles. The lowest BCUT2D eigenvalue weighted by atomic mass is 10.3. The van der Waals surface area contributed by atoms with Crippen molar-refractivity contribution < 1.29 is 17.7 Å². The van der Waals surface area contributed by atoms with Gasteiger partial charge in [0, 0.05) is 37.4 Å². The molecular formula is C18H25N5O4S2. The van der Waals surface area contributed by atoms with Crippen molar-refractivity contribution in [1.82, 2.24) is 15.4 Å². The summed E-state index contributed by atoms with van der Waals surface area (Å²) in [7, 11) is -3.77. The predicted molar refractivity (Wildman–Crippen MR) is 115 cm³/mol. The summed E-state index contributed by atoms with van der Waals surface area (Å²) in [6.45, 7) is 8.48. The van der Waals surface area contributed by atoms with Crippen molar-refractivity contribution in [3.05, 3.63) is 35.5 Å². The van der Waals surface area contributed by atoms with Crippen LogP contribution in [0.3, 0.4) is 0 Å². The molecule has 11 heteroatoms. The molecule has 1 aromatic heterocycles. The zero-order chi connectivity index (χ0) is 20.9. The molecule has 0 unspecified atom stereocenters. The Kier molecular flexibility index (Phi) is 7.06. The number of aryl methyl sites for hydroxylation is 1. The molecule has 2 aromatic rings. The Bertz CT molecular complexity index is 938. The Morgan fingerprint density at radius 2 is 1.90 bits per heavy atom. The van der Waals surface area contributed by atoms with Gasteiger partial charge in [0.15, 0.2) is 5.11 Å². The first-order valence-corrected chi connectivity index (χ1v) is 11.1. The number of hydrogen-bond acceptors (Lipinski definition) is 7. The second-order valence-electron chi connectivity index (χ2n) is 6.69. The van der Waals surface area contributed by atoms with E-state index < -0.39 is 10.0 Å². The quantitative estimate of drug-likeness (QED) is 0.556. The van der Waals surface area contributed by atoms with E-state index in [1.54, 1.807) is 26.0 Å². The van der Waals surface area contributed by atoms with E-state index in [2.05, 4.69) is 25.4 Å². The van der Waals surface area contributed by atoms with E-state index in [9.17, 15) is 8.42 Å². The molecule has 0 aliphatic carbocycles. The van der Waals surface area contributed by atoms with Crippen LogP contribution in [0.25, 0.3) is 0 Å². The first-order valence-electron chi connectivity index (χ1n) is 9.26. The lowest BCUT2D eigenvalue weighted by Gasteiger charge is -2.26. The molecular weight excluding hydrogens is 414 g/mol. The molecule has 1 fully saturated rings. The average molecular weight is 440 g/mol. The van der Waals surface area contributed by atoms with E-state index >= 15 is 0 Å². The van der Waals surface area contributed by atoms with Gasteiger partial charge < -0.3 is 19.9 Å². The number of hydrogen-bond donors (Lipinski definition) is 3. The van der Waals surface area contributed by atoms with Gasteiger partial charge in [0.2, 0.25) is 5.88 Å². The van der Waals surface area contributed by atoms with Crippen molar-refractivity contribution in [2.24, 2.45) is 0 Å². The van der Waals surface area contributed by atoms with Crippen LogP contribution in [-0.4, -0.2) is 63.0 Å². The Morgan fingerprint density at radius 1 is 1.21 bits per heavy atom. The fourth-order valence-electron chi connectivity index (χ4n) is 2.74. The van der Waals surface area contributed by atoms with Crippen molar-refractivity contribution in [1.29, 1.82) is 0 Å². The first kappa shape index (κ1) is 21.5. The third-order valence-corrected chi connectivity index (χ3v) is 6.22. The molecule has 0 amide bonds. The Hall–Kier alpha value is -2.21. The molecule has 3 rings (SSSR count). The van der Waals surface area contributed by atoms with Crippen LogP contribution in [0.15, 0.2) is 33.7 Å². The molecule has 1 aromatic carbocycles. The highest BCUT2D eigenvalue weighted by Gasteiger charge is 2.19. The summed E-state index contributed by atoms with van der Waals surface area (Å²) in [5.41, 5.74) is 1.98. The highest BCUT2D eigenvalue weighted by atomic mass is 32.2. The van der Waals surface area contributed by atoms with E-state index in [4.69, 9.17) is 21.5 Å². The number of morpholine rings is 1. The monoisotopic (exact) mass is 439 g/mol. The van der Waals surface area contributed by atoms with Gasteiger partial charge in [-0.3, -0.25) is 4.90 Å². The molecule has 0 bridgehead atoms. The largest absolute Gasteiger partial charge is 0.379 e. The number of nitrogens with zero attached hydrogens (tertiary/aromatic N) is 2. The van der Waals surface area contributed by atoms with E-state index in [-0.39, 0.29) is 10.8 Å². The molecule has 9 nitrogen and oxygen atoms in total. The predicted octanol–water partition coefficient (Wildman–Crippen LogP) is 1.71. The third kappa shape index (κ3) is 5.89. The normalized spacial score (nSPS) is 15.1. The number of anilines is 2. The zero-order valence-corrected chi connectivity index (χ0v) is 18.0. The minimum Gasteiger partial charge on any atom is -0.379 e. The van der Waals surface area contributed by atoms with E-state index in [1.807, 2.05) is 0 Å². The maximum atomic E-state index is 12.5. The summed E-state index contributed by atoms with van der Waals surface area (Å²) in [6, 6.07) is 6.31. The van der Waals surface area contributed by atoms with Gasteiger partial charge in [-0.2, -0.15) is 0 Å². The molecule has 158 valence electrons. The lowest BCUT2D eigenvalue weighted by molar-refractivity contribution is 0.0389. The Morgan fingerprint density at radius 3 is 2.52 bits per heavy atom. The second kappa shape index (κ2) is 9.53. The lowest BCUT2D eigenvalue weighted by Crippen LogP contribution is -2.42. The van der Waals surface area contributed by atoms with Gasteiger partial charge in [-0.05, 0) is 50.3 Å². The van der Waals surface area contributed by atoms with Gasteiger partial charge in [-0.25, -0.2) is 13.1 Å². The fourth-order valence-corrected chi connectivity index (χ4v) is 4.00. The summed E-state index contributed by atoms with van der Waals surface area (Å²) in [4.78, 5) is 2.42. The molecule has 0 radical (unpaired) electrons. The maximum Gasteiger partial charge on any atom is 0.264 e. The van der Waals surface area contributed by atoms with E-state index in [0.29, 0.717) is 22.1 Å². The van der Waals surface area contributed by atoms with Gasteiger partial charge >= 0.3 is 0 Å². The van der Waals surface area contributed by atoms with Crippen molar-refractivity contribution >= 4 is 38.9 Å². The molecule has 29 heavy (non-hydrogen) atoms. The topological polar surface area (TPSA) is 109 Å². The van der Waals surface area contributed by atoms with Gasteiger partial charge in [0.05, 0.1) is 23.8 Å². The summed E-state index contributed by atoms with van der Waals surface area (Å²) in [5.74, 6) is 0.121. The molecule has 3 N–H and O–H groups in total. The summed E-state index contributed by atoms with van der Waals surface area (Å²) >= 11 is 5.30. The van der Waals surface area contributed by atoms with Gasteiger partial charge in [0.25, 0.3) is 10.0 Å². The zero-order valence-electron chi connectivity index (χ0n) is 16.4. The van der Waals surface area contributed by atoms with Crippen LogP contribution in [0.4, 0.5) is 11.6 Å². The molecule has 0 atom stereocenters. The molecule has 1 aliphatic heterocycles. The number of rotatable bonds is 7. The second-order valence-corrected chi connectivity index (χ2v) is 8.78. The molecule has 1 aliphatic rings. The van der Waals surface area contributed by atoms with Crippen LogP contribution < -0.4 is 15.4 Å². The van der Waals surface area contributed by atoms with Gasteiger partial charge in [-0.1, -0.05) is 5.16 Å². The van der Waals surface area contributed by atoms with Crippen LogP contribution in [0, 0.1) is 13.8 Å². The minimum absolute atomic E-state index is 0.114. The number of benzene rings is 1. The number of thiocarbonyl (C=S) groups is 1. The van der Waals surface area contributed by atoms with Crippen LogP contribution in [-0.2, 0) is 14.8 Å². The summed E-state index contributed by atoms with van der Waals surface area (Å²) in [5, 5.41) is 10.4. The highest BCUT2D eigenvalue weighted by Crippen LogP contribution is 2.22.